The van der Waals surface area contributed by atoms with Crippen LogP contribution in [0.3, 0.4) is 0 Å². The normalized spacial score (nSPS) is 14.7. The van der Waals surface area contributed by atoms with Crippen LogP contribution >= 0.6 is 0 Å². The Kier molecular flexibility index (Phi) is 7.82. The number of rotatable bonds is 5. The number of aromatic nitrogens is 1. The number of hydrogen-bond donors (Lipinski definition) is 1. The van der Waals surface area contributed by atoms with E-state index in [1.54, 1.807) is 59.8 Å². The molecule has 1 aromatic heterocycles. The van der Waals surface area contributed by atoms with Gasteiger partial charge in [-0.25, -0.2) is 9.59 Å². The molecule has 0 saturated carbocycles. The molecule has 2 heterocycles. The van der Waals surface area contributed by atoms with Crippen molar-refractivity contribution in [3.63, 3.8) is 0 Å². The van der Waals surface area contributed by atoms with Crippen molar-refractivity contribution in [2.75, 3.05) is 18.4 Å². The molecule has 0 radical (unpaired) electrons. The second-order valence-electron chi connectivity index (χ2n) is 8.75. The number of nitrogens with zero attached hydrogens (tertiary/aromatic N) is 2. The number of nitrogens with one attached hydrogen (secondary N) is 1. The third-order valence-corrected chi connectivity index (χ3v) is 4.89. The van der Waals surface area contributed by atoms with Gasteiger partial charge in [-0.3, -0.25) is 9.78 Å². The molecule has 8 nitrogen and oxygen atoms in total. The van der Waals surface area contributed by atoms with Gasteiger partial charge in [-0.15, -0.1) is 0 Å². The van der Waals surface area contributed by atoms with Gasteiger partial charge in [-0.1, -0.05) is 0 Å². The number of likely N-dealkylation sites (tertiary alicyclic amines) is 1. The van der Waals surface area contributed by atoms with E-state index in [1.807, 2.05) is 20.8 Å². The van der Waals surface area contributed by atoms with Crippen LogP contribution in [0.2, 0.25) is 0 Å². The smallest absolute Gasteiger partial charge is 0.410 e. The first-order valence-electron chi connectivity index (χ1n) is 10.9. The number of pyridine rings is 1. The van der Waals surface area contributed by atoms with E-state index in [0.717, 1.165) is 5.56 Å². The first-order valence-corrected chi connectivity index (χ1v) is 10.9. The number of amides is 2. The van der Waals surface area contributed by atoms with Crippen molar-refractivity contribution in [2.45, 2.75) is 45.3 Å². The summed E-state index contributed by atoms with van der Waals surface area (Å²) in [7, 11) is 0. The summed E-state index contributed by atoms with van der Waals surface area (Å²) in [6.45, 7) is 6.44. The lowest BCUT2D eigenvalue weighted by Crippen LogP contribution is -2.43. The summed E-state index contributed by atoms with van der Waals surface area (Å²) in [6.07, 6.45) is 6.94. The lowest BCUT2D eigenvalue weighted by Gasteiger charge is -2.33. The van der Waals surface area contributed by atoms with E-state index in [1.165, 1.54) is 6.08 Å². The van der Waals surface area contributed by atoms with E-state index < -0.39 is 11.6 Å². The Bertz CT molecular complexity index is 989. The van der Waals surface area contributed by atoms with Crippen molar-refractivity contribution in [3.8, 4) is 0 Å². The number of carbonyl (C=O) groups is 3. The minimum Gasteiger partial charge on any atom is -0.459 e. The van der Waals surface area contributed by atoms with Crippen molar-refractivity contribution >= 4 is 29.7 Å². The Morgan fingerprint density at radius 1 is 1.03 bits per heavy atom. The molecule has 0 spiro atoms. The Morgan fingerprint density at radius 3 is 2.27 bits per heavy atom. The quantitative estimate of drug-likeness (QED) is 0.538. The number of hydrogen-bond acceptors (Lipinski definition) is 6. The number of anilines is 1. The molecule has 1 aliphatic heterocycles. The predicted molar refractivity (Wildman–Crippen MR) is 125 cm³/mol. The van der Waals surface area contributed by atoms with Gasteiger partial charge in [0.1, 0.15) is 11.7 Å². The molecule has 2 amide bonds. The van der Waals surface area contributed by atoms with Crippen LogP contribution in [-0.4, -0.2) is 52.6 Å². The lowest BCUT2D eigenvalue weighted by atomic mass is 10.1. The molecule has 1 N–H and O–H groups in total. The Morgan fingerprint density at radius 2 is 1.67 bits per heavy atom. The van der Waals surface area contributed by atoms with Gasteiger partial charge in [0.15, 0.2) is 0 Å². The molecular weight excluding hydrogens is 422 g/mol. The van der Waals surface area contributed by atoms with E-state index in [4.69, 9.17) is 9.47 Å². The lowest BCUT2D eigenvalue weighted by molar-refractivity contribution is -0.111. The fourth-order valence-corrected chi connectivity index (χ4v) is 3.22. The molecule has 1 saturated heterocycles. The number of carbonyl (C=O) groups excluding carboxylic acids is 3. The summed E-state index contributed by atoms with van der Waals surface area (Å²) in [4.78, 5) is 42.3. The van der Waals surface area contributed by atoms with Crippen LogP contribution in [0.15, 0.2) is 54.9 Å². The number of benzene rings is 1. The maximum Gasteiger partial charge on any atom is 0.410 e. The summed E-state index contributed by atoms with van der Waals surface area (Å²) in [5.41, 5.74) is 1.30. The Balaban J connectivity index is 1.45. The summed E-state index contributed by atoms with van der Waals surface area (Å²) < 4.78 is 11.0. The minimum absolute atomic E-state index is 0.256. The van der Waals surface area contributed by atoms with Crippen molar-refractivity contribution in [2.24, 2.45) is 0 Å². The highest BCUT2D eigenvalue weighted by atomic mass is 16.6. The molecule has 1 fully saturated rings. The average molecular weight is 452 g/mol. The molecule has 0 unspecified atom stereocenters. The third-order valence-electron chi connectivity index (χ3n) is 4.89. The molecule has 3 rings (SSSR count). The van der Waals surface area contributed by atoms with Gasteiger partial charge in [0, 0.05) is 50.1 Å². The van der Waals surface area contributed by atoms with Gasteiger partial charge >= 0.3 is 12.1 Å². The molecule has 1 aliphatic rings. The molecule has 174 valence electrons. The second kappa shape index (κ2) is 10.8. The fraction of sp³-hybridized carbons (Fsp3) is 0.360. The first kappa shape index (κ1) is 24.0. The van der Waals surface area contributed by atoms with Gasteiger partial charge in [-0.05, 0) is 68.8 Å². The van der Waals surface area contributed by atoms with Crippen molar-refractivity contribution in [1.29, 1.82) is 0 Å². The van der Waals surface area contributed by atoms with E-state index in [0.29, 0.717) is 37.2 Å². The zero-order valence-corrected chi connectivity index (χ0v) is 19.1. The molecule has 1 aromatic carbocycles. The summed E-state index contributed by atoms with van der Waals surface area (Å²) in [5.74, 6) is -0.708. The van der Waals surface area contributed by atoms with Crippen LogP contribution in [0.4, 0.5) is 10.5 Å². The molecule has 8 heteroatoms. The molecule has 0 atom stereocenters. The summed E-state index contributed by atoms with van der Waals surface area (Å²) >= 11 is 0. The van der Waals surface area contributed by atoms with Gasteiger partial charge in [-0.2, -0.15) is 0 Å². The Labute approximate surface area is 193 Å². The molecule has 0 bridgehead atoms. The topological polar surface area (TPSA) is 97.8 Å². The van der Waals surface area contributed by atoms with E-state index in [2.05, 4.69) is 10.3 Å². The molecular formula is C25H29N3O5. The number of piperidine rings is 1. The van der Waals surface area contributed by atoms with Crippen LogP contribution in [0.1, 0.15) is 49.5 Å². The largest absolute Gasteiger partial charge is 0.459 e. The minimum atomic E-state index is -0.540. The molecule has 2 aromatic rings. The third kappa shape index (κ3) is 7.75. The van der Waals surface area contributed by atoms with Crippen LogP contribution in [0.5, 0.6) is 0 Å². The van der Waals surface area contributed by atoms with Crippen LogP contribution < -0.4 is 5.32 Å². The Hall–Kier alpha value is -3.68. The fourth-order valence-electron chi connectivity index (χ4n) is 3.22. The van der Waals surface area contributed by atoms with Crippen LogP contribution in [0, 0.1) is 0 Å². The first-order chi connectivity index (χ1) is 15.7. The number of esters is 1. The highest BCUT2D eigenvalue weighted by molar-refractivity contribution is 6.02. The standard InChI is InChI=1S/C25H29N3O5/c1-25(2,3)33-24(31)28-16-12-21(13-17-28)32-23(30)19-5-7-20(8-6-19)27-22(29)9-4-18-10-14-26-15-11-18/h4-11,14-15,21H,12-13,16-17H2,1-3H3,(H,27,29)/b9-4+. The molecule has 33 heavy (non-hydrogen) atoms. The van der Waals surface area contributed by atoms with Gasteiger partial charge in [0.25, 0.3) is 0 Å². The van der Waals surface area contributed by atoms with Crippen molar-refractivity contribution in [3.05, 3.63) is 66.0 Å². The average Bonchev–Trinajstić information content (AvgIpc) is 2.78. The van der Waals surface area contributed by atoms with Crippen LogP contribution in [-0.2, 0) is 14.3 Å². The van der Waals surface area contributed by atoms with Crippen molar-refractivity contribution in [1.82, 2.24) is 9.88 Å². The van der Waals surface area contributed by atoms with Gasteiger partial charge < -0.3 is 19.7 Å². The zero-order valence-electron chi connectivity index (χ0n) is 19.1. The molecule has 0 aliphatic carbocycles. The SMILES string of the molecule is CC(C)(C)OC(=O)N1CCC(OC(=O)c2ccc(NC(=O)/C=C/c3ccncc3)cc2)CC1. The van der Waals surface area contributed by atoms with Gasteiger partial charge in [0.2, 0.25) is 5.91 Å². The highest BCUT2D eigenvalue weighted by Gasteiger charge is 2.28. The van der Waals surface area contributed by atoms with E-state index in [9.17, 15) is 14.4 Å². The number of ether oxygens (including phenoxy) is 2. The zero-order chi connectivity index (χ0) is 23.8. The second-order valence-corrected chi connectivity index (χ2v) is 8.75. The predicted octanol–water partition coefficient (Wildman–Crippen LogP) is 4.29. The summed E-state index contributed by atoms with van der Waals surface area (Å²) in [6, 6.07) is 10.1. The summed E-state index contributed by atoms with van der Waals surface area (Å²) in [5, 5.41) is 2.75. The van der Waals surface area contributed by atoms with E-state index >= 15 is 0 Å². The van der Waals surface area contributed by atoms with E-state index in [-0.39, 0.29) is 18.1 Å². The van der Waals surface area contributed by atoms with Crippen molar-refractivity contribution < 1.29 is 23.9 Å². The van der Waals surface area contributed by atoms with Gasteiger partial charge in [0.05, 0.1) is 5.56 Å². The maximum absolute atomic E-state index is 12.5. The van der Waals surface area contributed by atoms with Crippen LogP contribution in [0.25, 0.3) is 6.08 Å². The highest BCUT2D eigenvalue weighted by Crippen LogP contribution is 2.19. The monoisotopic (exact) mass is 451 g/mol. The maximum atomic E-state index is 12.5.